The Morgan fingerprint density at radius 2 is 1.92 bits per heavy atom. The molecule has 0 aromatic heterocycles. The second kappa shape index (κ2) is 6.70. The average molecular weight is 364 g/mol. The molecule has 6 nitrogen and oxygen atoms in total. The second-order valence-corrected chi connectivity index (χ2v) is 9.38. The van der Waals surface area contributed by atoms with Crippen molar-refractivity contribution in [2.24, 2.45) is 29.1 Å². The standard InChI is InChI=1S/C20H33N3O3/c1-4-26-19(25)22-6-5-20(12-22)7-14(8-20)23-10-15-16(11-23)17(15)18(24)21-9-13(2)3/h13-17H,4-12H2,1-3H3,(H,21,24). The summed E-state index contributed by atoms with van der Waals surface area (Å²) in [5, 5.41) is 3.10. The largest absolute Gasteiger partial charge is 0.450 e. The summed E-state index contributed by atoms with van der Waals surface area (Å²) in [6.45, 7) is 11.3. The molecule has 0 bridgehead atoms. The molecule has 2 unspecified atom stereocenters. The van der Waals surface area contributed by atoms with E-state index in [1.165, 1.54) is 12.8 Å². The maximum absolute atomic E-state index is 12.3. The number of hydrogen-bond acceptors (Lipinski definition) is 4. The normalized spacial score (nSPS) is 38.4. The van der Waals surface area contributed by atoms with Gasteiger partial charge in [-0.25, -0.2) is 4.79 Å². The summed E-state index contributed by atoms with van der Waals surface area (Å²) in [7, 11) is 0. The summed E-state index contributed by atoms with van der Waals surface area (Å²) in [5.74, 6) is 2.22. The second-order valence-electron chi connectivity index (χ2n) is 9.38. The first kappa shape index (κ1) is 18.1. The van der Waals surface area contributed by atoms with Gasteiger partial charge in [0.2, 0.25) is 5.91 Å². The molecule has 1 N–H and O–H groups in total. The SMILES string of the molecule is CCOC(=O)N1CCC2(CC(N3CC4C(C3)C4C(=O)NCC(C)C)C2)C1. The fourth-order valence-electron chi connectivity index (χ4n) is 5.51. The van der Waals surface area contributed by atoms with Crippen LogP contribution >= 0.6 is 0 Å². The van der Waals surface area contributed by atoms with Gasteiger partial charge in [0.15, 0.2) is 0 Å². The number of rotatable bonds is 5. The highest BCUT2D eigenvalue weighted by atomic mass is 16.6. The number of ether oxygens (including phenoxy) is 1. The van der Waals surface area contributed by atoms with Gasteiger partial charge in [0.1, 0.15) is 0 Å². The lowest BCUT2D eigenvalue weighted by Gasteiger charge is -2.49. The third kappa shape index (κ3) is 3.21. The van der Waals surface area contributed by atoms with E-state index in [0.717, 1.165) is 39.1 Å². The van der Waals surface area contributed by atoms with Crippen LogP contribution in [0.4, 0.5) is 4.79 Å². The first-order valence-corrected chi connectivity index (χ1v) is 10.4. The molecular formula is C20H33N3O3. The van der Waals surface area contributed by atoms with Gasteiger partial charge in [0, 0.05) is 44.7 Å². The molecule has 2 saturated heterocycles. The Labute approximate surface area is 156 Å². The van der Waals surface area contributed by atoms with Crippen LogP contribution in [0.2, 0.25) is 0 Å². The molecule has 2 atom stereocenters. The van der Waals surface area contributed by atoms with E-state index in [0.29, 0.717) is 35.8 Å². The third-order valence-corrected chi connectivity index (χ3v) is 7.03. The van der Waals surface area contributed by atoms with Crippen LogP contribution < -0.4 is 5.32 Å². The van der Waals surface area contributed by atoms with Crippen LogP contribution in [0.1, 0.15) is 40.0 Å². The van der Waals surface area contributed by atoms with Gasteiger partial charge in [-0.05, 0) is 49.4 Å². The van der Waals surface area contributed by atoms with E-state index in [2.05, 4.69) is 24.1 Å². The van der Waals surface area contributed by atoms with Gasteiger partial charge in [-0.15, -0.1) is 0 Å². The fraction of sp³-hybridized carbons (Fsp3) is 0.900. The first-order chi connectivity index (χ1) is 12.4. The summed E-state index contributed by atoms with van der Waals surface area (Å²) < 4.78 is 5.14. The predicted molar refractivity (Wildman–Crippen MR) is 98.6 cm³/mol. The molecule has 2 saturated carbocycles. The summed E-state index contributed by atoms with van der Waals surface area (Å²) in [6, 6.07) is 0.657. The molecule has 26 heavy (non-hydrogen) atoms. The van der Waals surface area contributed by atoms with Crippen molar-refractivity contribution < 1.29 is 14.3 Å². The predicted octanol–water partition coefficient (Wildman–Crippen LogP) is 1.95. The van der Waals surface area contributed by atoms with Crippen LogP contribution in [0.15, 0.2) is 0 Å². The molecule has 4 fully saturated rings. The highest BCUT2D eigenvalue weighted by molar-refractivity contribution is 5.82. The summed E-state index contributed by atoms with van der Waals surface area (Å²) >= 11 is 0. The van der Waals surface area contributed by atoms with E-state index < -0.39 is 0 Å². The molecule has 0 radical (unpaired) electrons. The van der Waals surface area contributed by atoms with Crippen molar-refractivity contribution in [2.75, 3.05) is 39.3 Å². The lowest BCUT2D eigenvalue weighted by Crippen LogP contribution is -2.52. The molecule has 2 aliphatic carbocycles. The number of amides is 2. The van der Waals surface area contributed by atoms with Crippen molar-refractivity contribution in [3.05, 3.63) is 0 Å². The Morgan fingerprint density at radius 3 is 2.54 bits per heavy atom. The van der Waals surface area contributed by atoms with Gasteiger partial charge in [-0.3, -0.25) is 9.69 Å². The van der Waals surface area contributed by atoms with Crippen LogP contribution in [-0.2, 0) is 9.53 Å². The van der Waals surface area contributed by atoms with Gasteiger partial charge in [-0.2, -0.15) is 0 Å². The van der Waals surface area contributed by atoms with Crippen LogP contribution in [0.25, 0.3) is 0 Å². The average Bonchev–Trinajstić information content (AvgIpc) is 2.95. The van der Waals surface area contributed by atoms with E-state index in [1.54, 1.807) is 0 Å². The number of hydrogen-bond donors (Lipinski definition) is 1. The lowest BCUT2D eigenvalue weighted by atomic mass is 9.64. The van der Waals surface area contributed by atoms with Crippen LogP contribution in [-0.4, -0.2) is 67.2 Å². The van der Waals surface area contributed by atoms with Crippen molar-refractivity contribution in [1.82, 2.24) is 15.1 Å². The molecule has 2 amide bonds. The van der Waals surface area contributed by atoms with Crippen molar-refractivity contribution in [2.45, 2.75) is 46.1 Å². The van der Waals surface area contributed by atoms with Crippen molar-refractivity contribution in [3.8, 4) is 0 Å². The van der Waals surface area contributed by atoms with Gasteiger partial charge >= 0.3 is 6.09 Å². The van der Waals surface area contributed by atoms with Crippen molar-refractivity contribution in [1.29, 1.82) is 0 Å². The molecule has 0 aromatic carbocycles. The maximum atomic E-state index is 12.3. The Hall–Kier alpha value is -1.30. The Kier molecular flexibility index (Phi) is 4.66. The highest BCUT2D eigenvalue weighted by Crippen LogP contribution is 2.56. The molecule has 146 valence electrons. The molecule has 6 heteroatoms. The van der Waals surface area contributed by atoms with Crippen LogP contribution in [0, 0.1) is 29.1 Å². The number of nitrogens with one attached hydrogen (secondary N) is 1. The Balaban J connectivity index is 1.20. The summed E-state index contributed by atoms with van der Waals surface area (Å²) in [6.07, 6.45) is 3.37. The summed E-state index contributed by atoms with van der Waals surface area (Å²) in [5.41, 5.74) is 0.332. The topological polar surface area (TPSA) is 61.9 Å². The minimum atomic E-state index is -0.148. The molecule has 0 aromatic rings. The fourth-order valence-corrected chi connectivity index (χ4v) is 5.51. The molecule has 2 heterocycles. The number of likely N-dealkylation sites (tertiary alicyclic amines) is 2. The molecule has 4 rings (SSSR count). The third-order valence-electron chi connectivity index (χ3n) is 7.03. The quantitative estimate of drug-likeness (QED) is 0.811. The van der Waals surface area contributed by atoms with E-state index in [1.807, 2.05) is 11.8 Å². The monoisotopic (exact) mass is 363 g/mol. The Bertz CT molecular complexity index is 561. The van der Waals surface area contributed by atoms with E-state index >= 15 is 0 Å². The Morgan fingerprint density at radius 1 is 1.23 bits per heavy atom. The smallest absolute Gasteiger partial charge is 0.409 e. The zero-order valence-corrected chi connectivity index (χ0v) is 16.4. The van der Waals surface area contributed by atoms with Gasteiger partial charge < -0.3 is 15.0 Å². The summed E-state index contributed by atoms with van der Waals surface area (Å²) in [4.78, 5) is 28.7. The number of fused-ring (bicyclic) bond motifs is 1. The van der Waals surface area contributed by atoms with Crippen LogP contribution in [0.3, 0.4) is 0 Å². The maximum Gasteiger partial charge on any atom is 0.409 e. The number of piperidine rings is 1. The minimum Gasteiger partial charge on any atom is -0.450 e. The molecule has 1 spiro atoms. The van der Waals surface area contributed by atoms with Gasteiger partial charge in [0.05, 0.1) is 6.61 Å². The number of nitrogens with zero attached hydrogens (tertiary/aromatic N) is 2. The van der Waals surface area contributed by atoms with Crippen LogP contribution in [0.5, 0.6) is 0 Å². The number of carbonyl (C=O) groups excluding carboxylic acids is 2. The zero-order valence-electron chi connectivity index (χ0n) is 16.4. The van der Waals surface area contributed by atoms with E-state index in [4.69, 9.17) is 4.74 Å². The molecule has 2 aliphatic heterocycles. The first-order valence-electron chi connectivity index (χ1n) is 10.4. The van der Waals surface area contributed by atoms with Crippen molar-refractivity contribution in [3.63, 3.8) is 0 Å². The molecule has 4 aliphatic rings. The minimum absolute atomic E-state index is 0.148. The zero-order chi connectivity index (χ0) is 18.5. The molecular weight excluding hydrogens is 330 g/mol. The van der Waals surface area contributed by atoms with E-state index in [9.17, 15) is 9.59 Å². The number of carbonyl (C=O) groups is 2. The lowest BCUT2D eigenvalue weighted by molar-refractivity contribution is -0.123. The van der Waals surface area contributed by atoms with Crippen molar-refractivity contribution >= 4 is 12.0 Å². The van der Waals surface area contributed by atoms with E-state index in [-0.39, 0.29) is 17.9 Å². The van der Waals surface area contributed by atoms with Gasteiger partial charge in [-0.1, -0.05) is 13.8 Å². The highest BCUT2D eigenvalue weighted by Gasteiger charge is 2.62. The van der Waals surface area contributed by atoms with Gasteiger partial charge in [0.25, 0.3) is 0 Å².